The van der Waals surface area contributed by atoms with Crippen molar-refractivity contribution in [2.75, 3.05) is 0 Å². The summed E-state index contributed by atoms with van der Waals surface area (Å²) in [5, 5.41) is 0. The summed E-state index contributed by atoms with van der Waals surface area (Å²) in [5.41, 5.74) is -0.0154. The molecule has 3 heteroatoms. The van der Waals surface area contributed by atoms with Crippen molar-refractivity contribution in [1.29, 1.82) is 0 Å². The average Bonchev–Trinajstić information content (AvgIpc) is 2.23. The number of hydrogen-bond acceptors (Lipinski definition) is 1. The Morgan fingerprint density at radius 1 is 1.13 bits per heavy atom. The second-order valence-corrected chi connectivity index (χ2v) is 9.89. The Bertz CT molecular complexity index is 190. The lowest BCUT2D eigenvalue weighted by atomic mass is 10.1. The van der Waals surface area contributed by atoms with E-state index in [1.54, 1.807) is 0 Å². The summed E-state index contributed by atoms with van der Waals surface area (Å²) in [5.74, 6) is 0. The van der Waals surface area contributed by atoms with E-state index < -0.39 is 8.32 Å². The van der Waals surface area contributed by atoms with E-state index in [2.05, 4.69) is 56.6 Å². The van der Waals surface area contributed by atoms with Gasteiger partial charge in [-0.1, -0.05) is 42.8 Å². The zero-order valence-electron chi connectivity index (χ0n) is 10.8. The summed E-state index contributed by atoms with van der Waals surface area (Å²) < 4.78 is 6.44. The molecule has 0 aromatic heterocycles. The minimum Gasteiger partial charge on any atom is -0.412 e. The summed E-state index contributed by atoms with van der Waals surface area (Å²) in [6, 6.07) is 3.67. The molecule has 0 aliphatic heterocycles. The summed E-state index contributed by atoms with van der Waals surface area (Å²) in [6.07, 6.45) is 3.10. The van der Waals surface area contributed by atoms with Crippen LogP contribution >= 0.6 is 15.9 Å². The Kier molecular flexibility index (Phi) is 7.05. The van der Waals surface area contributed by atoms with Crippen molar-refractivity contribution >= 4 is 24.2 Å². The third-order valence-electron chi connectivity index (χ3n) is 3.12. The van der Waals surface area contributed by atoms with Gasteiger partial charge in [-0.05, 0) is 43.4 Å². The van der Waals surface area contributed by atoms with Crippen molar-refractivity contribution in [3.8, 4) is 0 Å². The van der Waals surface area contributed by atoms with E-state index in [4.69, 9.17) is 4.43 Å². The van der Waals surface area contributed by atoms with Gasteiger partial charge in [0.25, 0.3) is 0 Å². The molecule has 0 spiro atoms. The van der Waals surface area contributed by atoms with E-state index in [1.165, 1.54) is 18.1 Å². The minimum absolute atomic E-state index is 0.0154. The van der Waals surface area contributed by atoms with Gasteiger partial charge >= 0.3 is 0 Å². The molecule has 0 rings (SSSR count). The molecule has 0 aliphatic carbocycles. The van der Waals surface area contributed by atoms with E-state index in [0.717, 1.165) is 6.42 Å². The standard InChI is InChI=1S/C12H25BrOSi/c1-6-15(7-2,8-3)14-12(4,5)10-9-11-13/h9,11H,6-8,10H2,1-5H3. The molecular weight excluding hydrogens is 268 g/mol. The number of halogens is 1. The molecular formula is C12H25BrOSi. The van der Waals surface area contributed by atoms with Crippen LogP contribution in [0.5, 0.6) is 0 Å². The molecule has 0 aromatic rings. The normalized spacial score (nSPS) is 13.7. The molecule has 0 radical (unpaired) electrons. The summed E-state index contributed by atoms with van der Waals surface area (Å²) in [6.45, 7) is 11.2. The molecule has 0 amide bonds. The predicted molar refractivity (Wildman–Crippen MR) is 75.0 cm³/mol. The highest BCUT2D eigenvalue weighted by Crippen LogP contribution is 2.29. The van der Waals surface area contributed by atoms with Gasteiger partial charge < -0.3 is 4.43 Å². The van der Waals surface area contributed by atoms with Gasteiger partial charge in [-0.25, -0.2) is 0 Å². The maximum Gasteiger partial charge on any atom is 0.192 e. The summed E-state index contributed by atoms with van der Waals surface area (Å²) in [4.78, 5) is 1.92. The lowest BCUT2D eigenvalue weighted by molar-refractivity contribution is 0.0987. The molecule has 0 atom stereocenters. The lowest BCUT2D eigenvalue weighted by Crippen LogP contribution is -2.44. The van der Waals surface area contributed by atoms with E-state index in [9.17, 15) is 0 Å². The van der Waals surface area contributed by atoms with Crippen molar-refractivity contribution in [3.05, 3.63) is 11.1 Å². The van der Waals surface area contributed by atoms with E-state index in [-0.39, 0.29) is 5.60 Å². The Labute approximate surface area is 105 Å². The first-order valence-electron chi connectivity index (χ1n) is 5.90. The fourth-order valence-corrected chi connectivity index (χ4v) is 5.30. The van der Waals surface area contributed by atoms with Crippen LogP contribution in [-0.2, 0) is 4.43 Å². The van der Waals surface area contributed by atoms with Crippen LogP contribution in [-0.4, -0.2) is 13.9 Å². The molecule has 15 heavy (non-hydrogen) atoms. The second kappa shape index (κ2) is 6.87. The first-order valence-corrected chi connectivity index (χ1v) is 9.35. The number of hydrogen-bond donors (Lipinski definition) is 0. The molecule has 90 valence electrons. The Hall–Kier alpha value is 0.397. The fraction of sp³-hybridized carbons (Fsp3) is 0.833. The predicted octanol–water partition coefficient (Wildman–Crippen LogP) is 5.09. The maximum atomic E-state index is 6.44. The fourth-order valence-electron chi connectivity index (χ4n) is 1.92. The molecule has 0 fully saturated rings. The van der Waals surface area contributed by atoms with Gasteiger partial charge in [0.05, 0.1) is 5.60 Å². The molecule has 0 aliphatic rings. The zero-order valence-corrected chi connectivity index (χ0v) is 13.4. The molecule has 0 unspecified atom stereocenters. The molecule has 0 heterocycles. The smallest absolute Gasteiger partial charge is 0.192 e. The highest BCUT2D eigenvalue weighted by Gasteiger charge is 2.34. The van der Waals surface area contributed by atoms with Crippen LogP contribution in [0.2, 0.25) is 18.1 Å². The van der Waals surface area contributed by atoms with Gasteiger partial charge in [-0.15, -0.1) is 0 Å². The Balaban J connectivity index is 4.50. The minimum atomic E-state index is -1.45. The van der Waals surface area contributed by atoms with Gasteiger partial charge in [-0.2, -0.15) is 0 Å². The zero-order chi connectivity index (χ0) is 11.9. The molecule has 1 nitrogen and oxygen atoms in total. The largest absolute Gasteiger partial charge is 0.412 e. The quantitative estimate of drug-likeness (QED) is 0.594. The van der Waals surface area contributed by atoms with Gasteiger partial charge in [0, 0.05) is 0 Å². The van der Waals surface area contributed by atoms with Crippen LogP contribution in [0.25, 0.3) is 0 Å². The lowest BCUT2D eigenvalue weighted by Gasteiger charge is -2.37. The van der Waals surface area contributed by atoms with Crippen LogP contribution in [0.1, 0.15) is 41.0 Å². The molecule has 0 N–H and O–H groups in total. The monoisotopic (exact) mass is 292 g/mol. The van der Waals surface area contributed by atoms with Gasteiger partial charge in [0.15, 0.2) is 8.32 Å². The third-order valence-corrected chi connectivity index (χ3v) is 8.35. The molecule has 0 saturated carbocycles. The Morgan fingerprint density at radius 3 is 1.93 bits per heavy atom. The average molecular weight is 293 g/mol. The maximum absolute atomic E-state index is 6.44. The molecule has 0 aromatic carbocycles. The van der Waals surface area contributed by atoms with Gasteiger partial charge in [0.1, 0.15) is 0 Å². The van der Waals surface area contributed by atoms with Crippen LogP contribution < -0.4 is 0 Å². The first kappa shape index (κ1) is 15.4. The van der Waals surface area contributed by atoms with Crippen molar-refractivity contribution in [2.24, 2.45) is 0 Å². The van der Waals surface area contributed by atoms with Crippen molar-refractivity contribution < 1.29 is 4.43 Å². The van der Waals surface area contributed by atoms with E-state index >= 15 is 0 Å². The summed E-state index contributed by atoms with van der Waals surface area (Å²) >= 11 is 3.31. The highest BCUT2D eigenvalue weighted by atomic mass is 79.9. The van der Waals surface area contributed by atoms with Crippen molar-refractivity contribution in [1.82, 2.24) is 0 Å². The summed E-state index contributed by atoms with van der Waals surface area (Å²) in [7, 11) is -1.45. The van der Waals surface area contributed by atoms with Crippen LogP contribution in [0.15, 0.2) is 11.1 Å². The van der Waals surface area contributed by atoms with Crippen molar-refractivity contribution in [3.63, 3.8) is 0 Å². The molecule has 0 bridgehead atoms. The van der Waals surface area contributed by atoms with Crippen LogP contribution in [0.3, 0.4) is 0 Å². The second-order valence-electron chi connectivity index (χ2n) is 4.67. The third kappa shape index (κ3) is 5.32. The van der Waals surface area contributed by atoms with Crippen LogP contribution in [0.4, 0.5) is 0 Å². The van der Waals surface area contributed by atoms with Gasteiger partial charge in [0.2, 0.25) is 0 Å². The number of rotatable bonds is 7. The van der Waals surface area contributed by atoms with E-state index in [1.807, 2.05) is 4.99 Å². The molecule has 0 saturated heterocycles. The SMILES string of the molecule is CC[Si](CC)(CC)OC(C)(C)CC=CBr. The first-order chi connectivity index (χ1) is 6.95. The van der Waals surface area contributed by atoms with Gasteiger partial charge in [-0.3, -0.25) is 0 Å². The van der Waals surface area contributed by atoms with E-state index in [0.29, 0.717) is 0 Å². The topological polar surface area (TPSA) is 9.23 Å². The Morgan fingerprint density at radius 2 is 1.60 bits per heavy atom. The van der Waals surface area contributed by atoms with Crippen LogP contribution in [0, 0.1) is 0 Å². The highest BCUT2D eigenvalue weighted by molar-refractivity contribution is 9.11. The van der Waals surface area contributed by atoms with Crippen molar-refractivity contribution in [2.45, 2.75) is 64.8 Å².